The molecule has 0 saturated carbocycles. The van der Waals surface area contributed by atoms with Gasteiger partial charge in [-0.1, -0.05) is 0 Å². The summed E-state index contributed by atoms with van der Waals surface area (Å²) in [6.45, 7) is 0.449. The SMILES string of the molecule is O=c1ccc2c3c(c(O)cc2o1)C=CCO3. The van der Waals surface area contributed by atoms with Crippen LogP contribution in [0.5, 0.6) is 11.5 Å². The molecular formula is C12H8O4. The zero-order valence-electron chi connectivity index (χ0n) is 8.27. The van der Waals surface area contributed by atoms with Gasteiger partial charge in [0.1, 0.15) is 23.7 Å². The van der Waals surface area contributed by atoms with Crippen molar-refractivity contribution in [1.29, 1.82) is 0 Å². The number of aromatic hydroxyl groups is 1. The highest BCUT2D eigenvalue weighted by molar-refractivity contribution is 5.90. The summed E-state index contributed by atoms with van der Waals surface area (Å²) in [7, 11) is 0. The van der Waals surface area contributed by atoms with Gasteiger partial charge in [-0.15, -0.1) is 0 Å². The molecule has 0 fully saturated rings. The first kappa shape index (κ1) is 9.03. The van der Waals surface area contributed by atoms with E-state index in [0.29, 0.717) is 28.9 Å². The maximum Gasteiger partial charge on any atom is 0.336 e. The molecule has 1 aromatic carbocycles. The van der Waals surface area contributed by atoms with Gasteiger partial charge in [-0.25, -0.2) is 4.79 Å². The molecule has 2 aromatic rings. The smallest absolute Gasteiger partial charge is 0.336 e. The van der Waals surface area contributed by atoms with E-state index in [2.05, 4.69) is 0 Å². The van der Waals surface area contributed by atoms with E-state index in [1.807, 2.05) is 6.08 Å². The Morgan fingerprint density at radius 2 is 2.19 bits per heavy atom. The van der Waals surface area contributed by atoms with Crippen molar-refractivity contribution in [2.24, 2.45) is 0 Å². The third kappa shape index (κ3) is 1.20. The van der Waals surface area contributed by atoms with Crippen LogP contribution < -0.4 is 10.4 Å². The Morgan fingerprint density at radius 1 is 1.31 bits per heavy atom. The van der Waals surface area contributed by atoms with E-state index < -0.39 is 5.63 Å². The standard InChI is InChI=1S/C12H8O4/c13-9-6-10-8(3-4-11(14)16-10)12-7(9)2-1-5-15-12/h1-4,6,13H,5H2. The van der Waals surface area contributed by atoms with Gasteiger partial charge in [-0.05, 0) is 18.2 Å². The lowest BCUT2D eigenvalue weighted by Gasteiger charge is -2.15. The molecule has 3 rings (SSSR count). The second-order valence-corrected chi connectivity index (χ2v) is 3.52. The van der Waals surface area contributed by atoms with Gasteiger partial charge in [0.15, 0.2) is 0 Å². The summed E-state index contributed by atoms with van der Waals surface area (Å²) < 4.78 is 10.4. The average molecular weight is 216 g/mol. The number of rotatable bonds is 0. The number of phenols is 1. The maximum absolute atomic E-state index is 11.1. The Labute approximate surface area is 90.4 Å². The molecular weight excluding hydrogens is 208 g/mol. The zero-order valence-corrected chi connectivity index (χ0v) is 8.27. The molecule has 0 aliphatic carbocycles. The monoisotopic (exact) mass is 216 g/mol. The fourth-order valence-electron chi connectivity index (χ4n) is 1.80. The number of hydrogen-bond acceptors (Lipinski definition) is 4. The van der Waals surface area contributed by atoms with Gasteiger partial charge in [0.25, 0.3) is 0 Å². The summed E-state index contributed by atoms with van der Waals surface area (Å²) in [6, 6.07) is 4.40. The van der Waals surface area contributed by atoms with Crippen molar-refractivity contribution in [2.75, 3.05) is 6.61 Å². The molecule has 2 heterocycles. The van der Waals surface area contributed by atoms with E-state index in [1.54, 1.807) is 12.1 Å². The van der Waals surface area contributed by atoms with Crippen LogP contribution >= 0.6 is 0 Å². The quantitative estimate of drug-likeness (QED) is 0.683. The Bertz CT molecular complexity index is 652. The van der Waals surface area contributed by atoms with Crippen LogP contribution in [0.2, 0.25) is 0 Å². The Balaban J connectivity index is 2.47. The minimum atomic E-state index is -0.446. The van der Waals surface area contributed by atoms with Gasteiger partial charge >= 0.3 is 5.63 Å². The summed E-state index contributed by atoms with van der Waals surface area (Å²) in [4.78, 5) is 11.1. The van der Waals surface area contributed by atoms with Gasteiger partial charge in [0.05, 0.1) is 10.9 Å². The van der Waals surface area contributed by atoms with E-state index in [1.165, 1.54) is 12.1 Å². The van der Waals surface area contributed by atoms with E-state index >= 15 is 0 Å². The van der Waals surface area contributed by atoms with Gasteiger partial charge in [0.2, 0.25) is 0 Å². The van der Waals surface area contributed by atoms with Crippen LogP contribution in [0.4, 0.5) is 0 Å². The van der Waals surface area contributed by atoms with Crippen molar-refractivity contribution in [1.82, 2.24) is 0 Å². The molecule has 4 nitrogen and oxygen atoms in total. The van der Waals surface area contributed by atoms with Crippen LogP contribution in [0, 0.1) is 0 Å². The third-order valence-electron chi connectivity index (χ3n) is 2.50. The molecule has 0 spiro atoms. The highest BCUT2D eigenvalue weighted by Gasteiger charge is 2.16. The molecule has 1 N–H and O–H groups in total. The number of phenolic OH excluding ortho intramolecular Hbond substituents is 1. The van der Waals surface area contributed by atoms with Gasteiger partial charge in [-0.2, -0.15) is 0 Å². The molecule has 16 heavy (non-hydrogen) atoms. The summed E-state index contributed by atoms with van der Waals surface area (Å²) in [5, 5.41) is 10.4. The highest BCUT2D eigenvalue weighted by Crippen LogP contribution is 2.38. The van der Waals surface area contributed by atoms with Crippen molar-refractivity contribution >= 4 is 17.0 Å². The first-order valence-electron chi connectivity index (χ1n) is 4.85. The molecule has 1 aromatic heterocycles. The molecule has 0 atom stereocenters. The van der Waals surface area contributed by atoms with Crippen LogP contribution in [0.15, 0.2) is 33.5 Å². The molecule has 0 bridgehead atoms. The van der Waals surface area contributed by atoms with E-state index in [-0.39, 0.29) is 5.75 Å². The predicted molar refractivity (Wildman–Crippen MR) is 58.7 cm³/mol. The second kappa shape index (κ2) is 3.13. The molecule has 0 radical (unpaired) electrons. The summed E-state index contributed by atoms with van der Waals surface area (Å²) >= 11 is 0. The van der Waals surface area contributed by atoms with E-state index in [9.17, 15) is 9.90 Å². The summed E-state index contributed by atoms with van der Waals surface area (Å²) in [5.41, 5.74) is 0.504. The number of fused-ring (bicyclic) bond motifs is 3. The van der Waals surface area contributed by atoms with E-state index in [0.717, 1.165) is 0 Å². The Morgan fingerprint density at radius 3 is 3.06 bits per heavy atom. The lowest BCUT2D eigenvalue weighted by molar-refractivity contribution is 0.358. The van der Waals surface area contributed by atoms with Crippen LogP contribution in [0.1, 0.15) is 5.56 Å². The molecule has 1 aliphatic heterocycles. The van der Waals surface area contributed by atoms with Crippen molar-refractivity contribution in [3.8, 4) is 11.5 Å². The van der Waals surface area contributed by atoms with Gasteiger partial charge < -0.3 is 14.3 Å². The minimum absolute atomic E-state index is 0.0489. The lowest BCUT2D eigenvalue weighted by Crippen LogP contribution is -2.02. The molecule has 4 heteroatoms. The molecule has 0 amide bonds. The minimum Gasteiger partial charge on any atom is -0.507 e. The predicted octanol–water partition coefficient (Wildman–Crippen LogP) is 1.90. The van der Waals surface area contributed by atoms with Crippen molar-refractivity contribution in [2.45, 2.75) is 0 Å². The van der Waals surface area contributed by atoms with E-state index in [4.69, 9.17) is 9.15 Å². The lowest BCUT2D eigenvalue weighted by atomic mass is 10.1. The van der Waals surface area contributed by atoms with Crippen molar-refractivity contribution < 1.29 is 14.3 Å². The van der Waals surface area contributed by atoms with Crippen LogP contribution in [0.25, 0.3) is 17.0 Å². The topological polar surface area (TPSA) is 59.7 Å². The molecule has 0 unspecified atom stereocenters. The Kier molecular flexibility index (Phi) is 1.77. The van der Waals surface area contributed by atoms with Crippen LogP contribution in [0.3, 0.4) is 0 Å². The van der Waals surface area contributed by atoms with Gasteiger partial charge in [-0.3, -0.25) is 0 Å². The van der Waals surface area contributed by atoms with Gasteiger partial charge in [0, 0.05) is 12.1 Å². The number of hydrogen-bond donors (Lipinski definition) is 1. The van der Waals surface area contributed by atoms with Crippen molar-refractivity contribution in [3.05, 3.63) is 40.3 Å². The fourth-order valence-corrected chi connectivity index (χ4v) is 1.80. The zero-order chi connectivity index (χ0) is 11.1. The highest BCUT2D eigenvalue weighted by atomic mass is 16.5. The normalized spacial score (nSPS) is 13.5. The summed E-state index contributed by atoms with van der Waals surface area (Å²) in [5.74, 6) is 0.606. The van der Waals surface area contributed by atoms with Crippen molar-refractivity contribution in [3.63, 3.8) is 0 Å². The average Bonchev–Trinajstić information content (AvgIpc) is 2.29. The Hall–Kier alpha value is -2.23. The van der Waals surface area contributed by atoms with Crippen LogP contribution in [-0.4, -0.2) is 11.7 Å². The first-order valence-corrected chi connectivity index (χ1v) is 4.85. The fraction of sp³-hybridized carbons (Fsp3) is 0.0833. The first-order chi connectivity index (χ1) is 7.75. The summed E-state index contributed by atoms with van der Waals surface area (Å²) in [6.07, 6.45) is 3.60. The number of ether oxygens (including phenoxy) is 1. The third-order valence-corrected chi connectivity index (χ3v) is 2.50. The van der Waals surface area contributed by atoms with Crippen LogP contribution in [-0.2, 0) is 0 Å². The second-order valence-electron chi connectivity index (χ2n) is 3.52. The molecule has 1 aliphatic rings. The maximum atomic E-state index is 11.1. The number of benzene rings is 1. The molecule has 80 valence electrons. The largest absolute Gasteiger partial charge is 0.507 e. The molecule has 0 saturated heterocycles.